The zero-order valence-corrected chi connectivity index (χ0v) is 11.8. The number of nitrogens with zero attached hydrogens (tertiary/aromatic N) is 1. The fourth-order valence-corrected chi connectivity index (χ4v) is 3.21. The Morgan fingerprint density at radius 3 is 2.00 bits per heavy atom. The van der Waals surface area contributed by atoms with E-state index in [1.54, 1.807) is 0 Å². The van der Waals surface area contributed by atoms with Gasteiger partial charge in [-0.15, -0.1) is 0 Å². The molecule has 1 saturated heterocycles. The molecule has 0 atom stereocenters. The van der Waals surface area contributed by atoms with Crippen molar-refractivity contribution in [3.05, 3.63) is 0 Å². The first kappa shape index (κ1) is 15.0. The average molecular weight is 213 g/mol. The minimum Gasteiger partial charge on any atom is -0.306 e. The molecule has 1 aliphatic carbocycles. The summed E-state index contributed by atoms with van der Waals surface area (Å²) in [5.41, 5.74) is 0.770. The molecule has 0 aromatic carbocycles. The van der Waals surface area contributed by atoms with Gasteiger partial charge in [0, 0.05) is 6.54 Å². The first-order valence-corrected chi connectivity index (χ1v) is 6.89. The van der Waals surface area contributed by atoms with Crippen molar-refractivity contribution in [1.82, 2.24) is 4.90 Å². The molecule has 1 aliphatic heterocycles. The van der Waals surface area contributed by atoms with Crippen LogP contribution in [0.3, 0.4) is 0 Å². The number of hydrogen-bond donors (Lipinski definition) is 0. The quantitative estimate of drug-likeness (QED) is 0.583. The van der Waals surface area contributed by atoms with Crippen molar-refractivity contribution in [2.45, 2.75) is 60.3 Å². The van der Waals surface area contributed by atoms with Crippen LogP contribution in [-0.4, -0.2) is 25.0 Å². The van der Waals surface area contributed by atoms with Gasteiger partial charge in [0.25, 0.3) is 0 Å². The van der Waals surface area contributed by atoms with Gasteiger partial charge in [-0.05, 0) is 50.6 Å². The van der Waals surface area contributed by atoms with Crippen molar-refractivity contribution in [3.63, 3.8) is 0 Å². The predicted octanol–water partition coefficient (Wildman–Crippen LogP) is 4.18. The monoisotopic (exact) mass is 213 g/mol. The van der Waals surface area contributed by atoms with Crippen molar-refractivity contribution < 1.29 is 0 Å². The highest BCUT2D eigenvalue weighted by Gasteiger charge is 2.43. The topological polar surface area (TPSA) is 3.24 Å². The Bertz CT molecular complexity index is 142. The first-order chi connectivity index (χ1) is 7.20. The molecule has 0 unspecified atom stereocenters. The van der Waals surface area contributed by atoms with Crippen LogP contribution in [0.4, 0.5) is 0 Å². The van der Waals surface area contributed by atoms with Crippen molar-refractivity contribution in [2.75, 3.05) is 20.1 Å². The minimum atomic E-state index is 0.770. The molecule has 0 N–H and O–H groups in total. The van der Waals surface area contributed by atoms with E-state index in [4.69, 9.17) is 0 Å². The SMILES string of the molecule is CC.CC.CC1CC2(CCCN(C)C2)C1. The van der Waals surface area contributed by atoms with E-state index in [1.165, 1.54) is 38.8 Å². The Morgan fingerprint density at radius 2 is 1.60 bits per heavy atom. The summed E-state index contributed by atoms with van der Waals surface area (Å²) in [5, 5.41) is 0. The van der Waals surface area contributed by atoms with Crippen LogP contribution in [0.2, 0.25) is 0 Å². The second-order valence-electron chi connectivity index (χ2n) is 4.85. The number of likely N-dealkylation sites (tertiary alicyclic amines) is 1. The van der Waals surface area contributed by atoms with E-state index in [9.17, 15) is 0 Å². The largest absolute Gasteiger partial charge is 0.306 e. The summed E-state index contributed by atoms with van der Waals surface area (Å²) < 4.78 is 0. The van der Waals surface area contributed by atoms with Crippen LogP contribution in [0.1, 0.15) is 60.3 Å². The predicted molar refractivity (Wildman–Crippen MR) is 70.3 cm³/mol. The van der Waals surface area contributed by atoms with Crippen LogP contribution in [0.25, 0.3) is 0 Å². The van der Waals surface area contributed by atoms with Gasteiger partial charge in [-0.2, -0.15) is 0 Å². The fourth-order valence-electron chi connectivity index (χ4n) is 3.21. The highest BCUT2D eigenvalue weighted by Crippen LogP contribution is 2.50. The van der Waals surface area contributed by atoms with Gasteiger partial charge in [-0.3, -0.25) is 0 Å². The summed E-state index contributed by atoms with van der Waals surface area (Å²) in [6.07, 6.45) is 5.93. The lowest BCUT2D eigenvalue weighted by molar-refractivity contribution is -0.00749. The molecule has 2 aliphatic rings. The molecule has 0 aromatic heterocycles. The van der Waals surface area contributed by atoms with Crippen molar-refractivity contribution in [2.24, 2.45) is 11.3 Å². The summed E-state index contributed by atoms with van der Waals surface area (Å²) in [4.78, 5) is 2.51. The Kier molecular flexibility index (Phi) is 7.25. The van der Waals surface area contributed by atoms with Crippen molar-refractivity contribution in [1.29, 1.82) is 0 Å². The number of piperidine rings is 1. The van der Waals surface area contributed by atoms with Gasteiger partial charge in [0.1, 0.15) is 0 Å². The first-order valence-electron chi connectivity index (χ1n) is 6.89. The standard InChI is InChI=1S/C10H19N.2C2H6/c1-9-6-10(7-9)4-3-5-11(2)8-10;2*1-2/h9H,3-8H2,1-2H3;2*1-2H3. The van der Waals surface area contributed by atoms with Crippen molar-refractivity contribution in [3.8, 4) is 0 Å². The molecule has 2 rings (SSSR count). The van der Waals surface area contributed by atoms with Crippen LogP contribution in [0, 0.1) is 11.3 Å². The molecule has 92 valence electrons. The highest BCUT2D eigenvalue weighted by atomic mass is 15.1. The van der Waals surface area contributed by atoms with E-state index >= 15 is 0 Å². The van der Waals surface area contributed by atoms with Gasteiger partial charge in [0.05, 0.1) is 0 Å². The van der Waals surface area contributed by atoms with E-state index in [1.807, 2.05) is 27.7 Å². The van der Waals surface area contributed by atoms with Gasteiger partial charge < -0.3 is 4.90 Å². The van der Waals surface area contributed by atoms with E-state index in [-0.39, 0.29) is 0 Å². The molecular formula is C14H31N. The maximum absolute atomic E-state index is 2.51. The normalized spacial score (nSPS) is 34.4. The third-order valence-electron chi connectivity index (χ3n) is 3.42. The average Bonchev–Trinajstić information content (AvgIpc) is 2.22. The summed E-state index contributed by atoms with van der Waals surface area (Å²) in [5.74, 6) is 1.02. The molecule has 0 bridgehead atoms. The number of hydrogen-bond acceptors (Lipinski definition) is 1. The molecule has 15 heavy (non-hydrogen) atoms. The van der Waals surface area contributed by atoms with Crippen LogP contribution in [-0.2, 0) is 0 Å². The Hall–Kier alpha value is -0.0400. The summed E-state index contributed by atoms with van der Waals surface area (Å²) in [7, 11) is 2.27. The number of rotatable bonds is 0. The van der Waals surface area contributed by atoms with E-state index in [0.29, 0.717) is 0 Å². The third-order valence-corrected chi connectivity index (χ3v) is 3.42. The summed E-state index contributed by atoms with van der Waals surface area (Å²) in [6, 6.07) is 0. The lowest BCUT2D eigenvalue weighted by Crippen LogP contribution is -2.48. The molecular weight excluding hydrogens is 182 g/mol. The van der Waals surface area contributed by atoms with Crippen LogP contribution in [0.15, 0.2) is 0 Å². The maximum atomic E-state index is 2.51. The molecule has 2 fully saturated rings. The molecule has 1 nitrogen and oxygen atoms in total. The van der Waals surface area contributed by atoms with E-state index in [0.717, 1.165) is 11.3 Å². The van der Waals surface area contributed by atoms with Crippen LogP contribution in [0.5, 0.6) is 0 Å². The molecule has 1 heterocycles. The maximum Gasteiger partial charge on any atom is 0.00351 e. The van der Waals surface area contributed by atoms with Gasteiger partial charge in [0.2, 0.25) is 0 Å². The second kappa shape index (κ2) is 7.27. The Morgan fingerprint density at radius 1 is 1.07 bits per heavy atom. The molecule has 0 amide bonds. The highest BCUT2D eigenvalue weighted by molar-refractivity contribution is 4.95. The lowest BCUT2D eigenvalue weighted by Gasteiger charge is -2.51. The van der Waals surface area contributed by atoms with E-state index in [2.05, 4.69) is 18.9 Å². The zero-order valence-electron chi connectivity index (χ0n) is 11.8. The molecule has 1 spiro atoms. The molecule has 0 radical (unpaired) electrons. The van der Waals surface area contributed by atoms with Gasteiger partial charge in [-0.1, -0.05) is 34.6 Å². The lowest BCUT2D eigenvalue weighted by atomic mass is 9.59. The van der Waals surface area contributed by atoms with Gasteiger partial charge in [-0.25, -0.2) is 0 Å². The molecule has 1 heteroatoms. The summed E-state index contributed by atoms with van der Waals surface area (Å²) >= 11 is 0. The van der Waals surface area contributed by atoms with Gasteiger partial charge in [0.15, 0.2) is 0 Å². The Balaban J connectivity index is 0.000000442. The van der Waals surface area contributed by atoms with Crippen molar-refractivity contribution >= 4 is 0 Å². The zero-order chi connectivity index (χ0) is 11.9. The minimum absolute atomic E-state index is 0.770. The van der Waals surface area contributed by atoms with Crippen LogP contribution < -0.4 is 0 Å². The molecule has 1 saturated carbocycles. The fraction of sp³-hybridized carbons (Fsp3) is 1.00. The Labute approximate surface area is 97.2 Å². The van der Waals surface area contributed by atoms with Crippen LogP contribution >= 0.6 is 0 Å². The van der Waals surface area contributed by atoms with E-state index < -0.39 is 0 Å². The summed E-state index contributed by atoms with van der Waals surface area (Å²) in [6.45, 7) is 13.1. The van der Waals surface area contributed by atoms with Gasteiger partial charge >= 0.3 is 0 Å². The second-order valence-corrected chi connectivity index (χ2v) is 4.85. The third kappa shape index (κ3) is 4.14. The molecule has 0 aromatic rings. The smallest absolute Gasteiger partial charge is 0.00351 e.